The van der Waals surface area contributed by atoms with E-state index in [2.05, 4.69) is 11.9 Å². The zero-order valence-electron chi connectivity index (χ0n) is 8.93. The molecule has 0 spiro atoms. The molecule has 16 heavy (non-hydrogen) atoms. The fourth-order valence-electron chi connectivity index (χ4n) is 1.55. The van der Waals surface area contributed by atoms with Gasteiger partial charge in [-0.15, -0.1) is 6.58 Å². The van der Waals surface area contributed by atoms with Crippen LogP contribution in [0.25, 0.3) is 0 Å². The Labute approximate surface area is 93.5 Å². The predicted molar refractivity (Wildman–Crippen MR) is 57.0 cm³/mol. The summed E-state index contributed by atoms with van der Waals surface area (Å²) in [4.78, 5) is 23.8. The summed E-state index contributed by atoms with van der Waals surface area (Å²) in [7, 11) is 0. The molecule has 0 aliphatic carbocycles. The largest absolute Gasteiger partial charge is 0.480 e. The maximum Gasteiger partial charge on any atom is 0.326 e. The number of hydrogen-bond donors (Lipinski definition) is 3. The molecule has 2 amide bonds. The Bertz CT molecular complexity index is 293. The van der Waals surface area contributed by atoms with Crippen LogP contribution in [-0.4, -0.2) is 52.3 Å². The number of carbonyl (C=O) groups excluding carboxylic acids is 1. The number of carbonyl (C=O) groups is 2. The van der Waals surface area contributed by atoms with Gasteiger partial charge in [0.2, 0.25) is 0 Å². The second-order valence-corrected chi connectivity index (χ2v) is 3.75. The number of amides is 2. The van der Waals surface area contributed by atoms with Gasteiger partial charge in [-0.3, -0.25) is 0 Å². The van der Waals surface area contributed by atoms with Gasteiger partial charge < -0.3 is 20.4 Å². The van der Waals surface area contributed by atoms with Crippen molar-refractivity contribution >= 4 is 12.0 Å². The van der Waals surface area contributed by atoms with Crippen LogP contribution < -0.4 is 5.32 Å². The van der Waals surface area contributed by atoms with Crippen LogP contribution in [0.5, 0.6) is 0 Å². The Kier molecular flexibility index (Phi) is 4.30. The minimum Gasteiger partial charge on any atom is -0.480 e. The molecule has 1 heterocycles. The topological polar surface area (TPSA) is 89.9 Å². The van der Waals surface area contributed by atoms with Crippen LogP contribution in [0.1, 0.15) is 12.8 Å². The van der Waals surface area contributed by atoms with E-state index in [-0.39, 0.29) is 13.0 Å². The van der Waals surface area contributed by atoms with E-state index in [4.69, 9.17) is 5.11 Å². The highest BCUT2D eigenvalue weighted by atomic mass is 16.4. The number of β-amino-alcohol motifs (C(OH)–C–C–N with tert-alkyl or cyclic N) is 1. The molecule has 2 atom stereocenters. The molecular formula is C10H16N2O4. The lowest BCUT2D eigenvalue weighted by Crippen LogP contribution is -2.47. The van der Waals surface area contributed by atoms with E-state index in [1.54, 1.807) is 0 Å². The first-order valence-electron chi connectivity index (χ1n) is 5.11. The Hall–Kier alpha value is -1.56. The van der Waals surface area contributed by atoms with E-state index >= 15 is 0 Å². The van der Waals surface area contributed by atoms with Crippen molar-refractivity contribution in [1.29, 1.82) is 0 Å². The summed E-state index contributed by atoms with van der Waals surface area (Å²) in [6, 6.07) is -1.41. The maximum atomic E-state index is 11.6. The van der Waals surface area contributed by atoms with Crippen molar-refractivity contribution in [2.24, 2.45) is 0 Å². The minimum atomic E-state index is -1.09. The van der Waals surface area contributed by atoms with Crippen molar-refractivity contribution < 1.29 is 19.8 Å². The fraction of sp³-hybridized carbons (Fsp3) is 0.600. The molecule has 1 saturated heterocycles. The number of aliphatic hydroxyl groups is 1. The lowest BCUT2D eigenvalue weighted by atomic mass is 10.2. The van der Waals surface area contributed by atoms with E-state index in [1.807, 2.05) is 0 Å². The molecule has 0 saturated carbocycles. The van der Waals surface area contributed by atoms with Gasteiger partial charge in [0.15, 0.2) is 0 Å². The molecule has 6 nitrogen and oxygen atoms in total. The standard InChI is InChI=1S/C10H16N2O4/c1-2-3-8(9(14)15)11-10(16)12-5-4-7(13)6-12/h2,7-8,13H,1,3-6H2,(H,11,16)(H,14,15). The quantitative estimate of drug-likeness (QED) is 0.581. The number of nitrogens with one attached hydrogen (secondary N) is 1. The first-order valence-corrected chi connectivity index (χ1v) is 5.11. The molecule has 1 aliphatic rings. The summed E-state index contributed by atoms with van der Waals surface area (Å²) in [5.41, 5.74) is 0. The van der Waals surface area contributed by atoms with Gasteiger partial charge in [-0.2, -0.15) is 0 Å². The molecule has 2 unspecified atom stereocenters. The third-order valence-electron chi connectivity index (χ3n) is 2.45. The maximum absolute atomic E-state index is 11.6. The van der Waals surface area contributed by atoms with Crippen molar-refractivity contribution in [1.82, 2.24) is 10.2 Å². The number of urea groups is 1. The third-order valence-corrected chi connectivity index (χ3v) is 2.45. The average Bonchev–Trinajstić information content (AvgIpc) is 2.64. The van der Waals surface area contributed by atoms with Crippen LogP contribution in [0.3, 0.4) is 0 Å². The fourth-order valence-corrected chi connectivity index (χ4v) is 1.55. The van der Waals surface area contributed by atoms with Gasteiger partial charge in [0.1, 0.15) is 6.04 Å². The third kappa shape index (κ3) is 3.23. The molecule has 90 valence electrons. The number of hydrogen-bond acceptors (Lipinski definition) is 3. The molecule has 0 aromatic heterocycles. The molecule has 1 fully saturated rings. The van der Waals surface area contributed by atoms with Crippen LogP contribution in [0.15, 0.2) is 12.7 Å². The molecule has 0 radical (unpaired) electrons. The lowest BCUT2D eigenvalue weighted by molar-refractivity contribution is -0.139. The average molecular weight is 228 g/mol. The van der Waals surface area contributed by atoms with Crippen molar-refractivity contribution in [2.75, 3.05) is 13.1 Å². The lowest BCUT2D eigenvalue weighted by Gasteiger charge is -2.19. The zero-order chi connectivity index (χ0) is 12.1. The number of nitrogens with zero attached hydrogens (tertiary/aromatic N) is 1. The van der Waals surface area contributed by atoms with Crippen molar-refractivity contribution in [3.63, 3.8) is 0 Å². The van der Waals surface area contributed by atoms with Crippen molar-refractivity contribution in [3.8, 4) is 0 Å². The van der Waals surface area contributed by atoms with E-state index in [1.165, 1.54) is 11.0 Å². The molecular weight excluding hydrogens is 212 g/mol. The number of aliphatic carboxylic acids is 1. The Morgan fingerprint density at radius 3 is 2.75 bits per heavy atom. The summed E-state index contributed by atoms with van der Waals surface area (Å²) < 4.78 is 0. The van der Waals surface area contributed by atoms with Crippen molar-refractivity contribution in [3.05, 3.63) is 12.7 Å². The molecule has 0 aromatic rings. The van der Waals surface area contributed by atoms with Gasteiger partial charge in [-0.1, -0.05) is 6.08 Å². The number of carboxylic acids is 1. The summed E-state index contributed by atoms with van der Waals surface area (Å²) in [6.07, 6.45) is 1.65. The van der Waals surface area contributed by atoms with E-state index in [9.17, 15) is 14.7 Å². The highest BCUT2D eigenvalue weighted by Gasteiger charge is 2.27. The second kappa shape index (κ2) is 5.50. The first kappa shape index (κ1) is 12.5. The van der Waals surface area contributed by atoms with Crippen LogP contribution in [-0.2, 0) is 4.79 Å². The summed E-state index contributed by atoms with van der Waals surface area (Å²) >= 11 is 0. The number of likely N-dealkylation sites (tertiary alicyclic amines) is 1. The van der Waals surface area contributed by atoms with Gasteiger partial charge in [-0.05, 0) is 12.8 Å². The number of carboxylic acid groups (broad SMARTS) is 1. The van der Waals surface area contributed by atoms with Crippen LogP contribution in [0.2, 0.25) is 0 Å². The molecule has 0 bridgehead atoms. The molecule has 6 heteroatoms. The van der Waals surface area contributed by atoms with Crippen LogP contribution in [0, 0.1) is 0 Å². The number of aliphatic hydroxyl groups excluding tert-OH is 1. The Morgan fingerprint density at radius 1 is 1.62 bits per heavy atom. The van der Waals surface area contributed by atoms with Crippen LogP contribution >= 0.6 is 0 Å². The summed E-state index contributed by atoms with van der Waals surface area (Å²) in [6.45, 7) is 4.14. The van der Waals surface area contributed by atoms with E-state index in [0.717, 1.165) is 0 Å². The Morgan fingerprint density at radius 2 is 2.31 bits per heavy atom. The SMILES string of the molecule is C=CCC(NC(=O)N1CCC(O)C1)C(=O)O. The monoisotopic (exact) mass is 228 g/mol. The van der Waals surface area contributed by atoms with Crippen molar-refractivity contribution in [2.45, 2.75) is 25.0 Å². The molecule has 1 aliphatic heterocycles. The van der Waals surface area contributed by atoms with Gasteiger partial charge in [0.25, 0.3) is 0 Å². The highest BCUT2D eigenvalue weighted by molar-refractivity contribution is 5.82. The highest BCUT2D eigenvalue weighted by Crippen LogP contribution is 2.09. The summed E-state index contributed by atoms with van der Waals surface area (Å²) in [5, 5.41) is 20.4. The van der Waals surface area contributed by atoms with E-state index < -0.39 is 24.1 Å². The first-order chi connectivity index (χ1) is 7.54. The van der Waals surface area contributed by atoms with Crippen LogP contribution in [0.4, 0.5) is 4.79 Å². The second-order valence-electron chi connectivity index (χ2n) is 3.75. The van der Waals surface area contributed by atoms with E-state index in [0.29, 0.717) is 13.0 Å². The molecule has 0 aromatic carbocycles. The molecule has 3 N–H and O–H groups in total. The number of rotatable bonds is 4. The summed E-state index contributed by atoms with van der Waals surface area (Å²) in [5.74, 6) is -1.09. The van der Waals surface area contributed by atoms with Gasteiger partial charge >= 0.3 is 12.0 Å². The van der Waals surface area contributed by atoms with Gasteiger partial charge in [-0.25, -0.2) is 9.59 Å². The van der Waals surface area contributed by atoms with Gasteiger partial charge in [0, 0.05) is 13.1 Å². The minimum absolute atomic E-state index is 0.178. The zero-order valence-corrected chi connectivity index (χ0v) is 8.93. The van der Waals surface area contributed by atoms with Gasteiger partial charge in [0.05, 0.1) is 6.10 Å². The normalized spacial score (nSPS) is 21.6. The predicted octanol–water partition coefficient (Wildman–Crippen LogP) is -0.208. The molecule has 1 rings (SSSR count). The Balaban J connectivity index is 2.48. The smallest absolute Gasteiger partial charge is 0.326 e.